The third kappa shape index (κ3) is 2.67. The minimum atomic E-state index is 0.678. The van der Waals surface area contributed by atoms with E-state index >= 15 is 0 Å². The van der Waals surface area contributed by atoms with Crippen molar-refractivity contribution < 1.29 is 0 Å². The summed E-state index contributed by atoms with van der Waals surface area (Å²) in [6, 6.07) is 0.832. The van der Waals surface area contributed by atoms with Crippen molar-refractivity contribution in [3.05, 3.63) is 15.5 Å². The molecule has 1 aromatic heterocycles. The van der Waals surface area contributed by atoms with Crippen molar-refractivity contribution in [2.45, 2.75) is 51.1 Å². The summed E-state index contributed by atoms with van der Waals surface area (Å²) in [6.45, 7) is 2.32. The molecule has 1 aromatic rings. The largest absolute Gasteiger partial charge is 0.295 e. The highest BCUT2D eigenvalue weighted by Crippen LogP contribution is 2.36. The molecule has 4 heteroatoms. The maximum absolute atomic E-state index is 5.90. The van der Waals surface area contributed by atoms with Gasteiger partial charge >= 0.3 is 0 Å². The number of nitrogens with zero attached hydrogens (tertiary/aromatic N) is 2. The fourth-order valence-electron chi connectivity index (χ4n) is 3.48. The molecule has 2 unspecified atom stereocenters. The van der Waals surface area contributed by atoms with E-state index < -0.39 is 0 Å². The Morgan fingerprint density at radius 2 is 2.12 bits per heavy atom. The van der Waals surface area contributed by atoms with E-state index in [1.807, 2.05) is 6.20 Å². The first kappa shape index (κ1) is 11.9. The van der Waals surface area contributed by atoms with E-state index in [0.29, 0.717) is 4.47 Å². The van der Waals surface area contributed by atoms with Gasteiger partial charge in [0.05, 0.1) is 0 Å². The van der Waals surface area contributed by atoms with Gasteiger partial charge in [-0.25, -0.2) is 4.98 Å². The van der Waals surface area contributed by atoms with Crippen LogP contribution < -0.4 is 0 Å². The average molecular weight is 271 g/mol. The van der Waals surface area contributed by atoms with Crippen LogP contribution in [0.1, 0.15) is 43.4 Å². The molecule has 0 N–H and O–H groups in total. The number of hydrogen-bond donors (Lipinski definition) is 0. The van der Waals surface area contributed by atoms with Crippen LogP contribution >= 0.6 is 22.9 Å². The minimum Gasteiger partial charge on any atom is -0.295 e. The molecule has 2 heterocycles. The van der Waals surface area contributed by atoms with Crippen molar-refractivity contribution in [3.63, 3.8) is 0 Å². The number of thiazole rings is 1. The summed E-state index contributed by atoms with van der Waals surface area (Å²) in [7, 11) is 0. The molecule has 2 nitrogen and oxygen atoms in total. The van der Waals surface area contributed by atoms with Gasteiger partial charge in [0, 0.05) is 23.7 Å². The smallest absolute Gasteiger partial charge is 0.183 e. The van der Waals surface area contributed by atoms with Gasteiger partial charge in [-0.3, -0.25) is 4.90 Å². The molecule has 2 aliphatic rings. The van der Waals surface area contributed by atoms with Gasteiger partial charge in [-0.1, -0.05) is 24.4 Å². The Morgan fingerprint density at radius 1 is 1.29 bits per heavy atom. The Morgan fingerprint density at radius 3 is 2.94 bits per heavy atom. The number of aromatic nitrogens is 1. The average Bonchev–Trinajstić information content (AvgIpc) is 2.75. The lowest BCUT2D eigenvalue weighted by Gasteiger charge is -2.44. The van der Waals surface area contributed by atoms with E-state index in [0.717, 1.165) is 18.5 Å². The molecule has 2 fully saturated rings. The maximum Gasteiger partial charge on any atom is 0.183 e. The highest BCUT2D eigenvalue weighted by Gasteiger charge is 2.33. The number of halogens is 1. The summed E-state index contributed by atoms with van der Waals surface area (Å²) < 4.78 is 0.678. The van der Waals surface area contributed by atoms with Gasteiger partial charge in [0.25, 0.3) is 0 Å². The predicted octanol–water partition coefficient (Wildman–Crippen LogP) is 3.95. The van der Waals surface area contributed by atoms with Gasteiger partial charge < -0.3 is 0 Å². The second-order valence-electron chi connectivity index (χ2n) is 5.30. The molecule has 17 heavy (non-hydrogen) atoms. The lowest BCUT2D eigenvalue weighted by atomic mass is 9.78. The predicted molar refractivity (Wildman–Crippen MR) is 72.5 cm³/mol. The van der Waals surface area contributed by atoms with Crippen LogP contribution in [0.4, 0.5) is 0 Å². The van der Waals surface area contributed by atoms with Gasteiger partial charge in [0.15, 0.2) is 4.47 Å². The summed E-state index contributed by atoms with van der Waals surface area (Å²) in [5, 5.41) is 0. The summed E-state index contributed by atoms with van der Waals surface area (Å²) in [5.41, 5.74) is 0. The molecule has 0 spiro atoms. The molecule has 1 saturated heterocycles. The first-order valence-corrected chi connectivity index (χ1v) is 7.86. The van der Waals surface area contributed by atoms with Crippen LogP contribution in [0.25, 0.3) is 0 Å². The SMILES string of the molecule is Clc1ncc(CN2CCCC3CCCCC32)s1. The van der Waals surface area contributed by atoms with Crippen molar-refractivity contribution in [2.75, 3.05) is 6.54 Å². The molecular formula is C13H19ClN2S. The fourth-order valence-corrected chi connectivity index (χ4v) is 4.48. The number of piperidine rings is 1. The molecule has 0 bridgehead atoms. The molecule has 1 aliphatic carbocycles. The summed E-state index contributed by atoms with van der Waals surface area (Å²) in [6.07, 6.45) is 10.5. The van der Waals surface area contributed by atoms with E-state index in [1.165, 1.54) is 49.9 Å². The zero-order chi connectivity index (χ0) is 11.7. The fraction of sp³-hybridized carbons (Fsp3) is 0.769. The Kier molecular flexibility index (Phi) is 3.69. The van der Waals surface area contributed by atoms with Crippen LogP contribution in [-0.2, 0) is 6.54 Å². The van der Waals surface area contributed by atoms with Crippen LogP contribution in [0.5, 0.6) is 0 Å². The van der Waals surface area contributed by atoms with Crippen molar-refractivity contribution >= 4 is 22.9 Å². The number of fused-ring (bicyclic) bond motifs is 1. The standard InChI is InChI=1S/C13H19ClN2S/c14-13-15-8-11(17-13)9-16-7-3-5-10-4-1-2-6-12(10)16/h8,10,12H,1-7,9H2. The normalized spacial score (nSPS) is 30.2. The first-order chi connectivity index (χ1) is 8.33. The Bertz CT molecular complexity index is 377. The van der Waals surface area contributed by atoms with Crippen LogP contribution in [0.3, 0.4) is 0 Å². The highest BCUT2D eigenvalue weighted by molar-refractivity contribution is 7.15. The van der Waals surface area contributed by atoms with Crippen molar-refractivity contribution in [1.82, 2.24) is 9.88 Å². The molecular weight excluding hydrogens is 252 g/mol. The van der Waals surface area contributed by atoms with Crippen molar-refractivity contribution in [2.24, 2.45) is 5.92 Å². The molecule has 1 saturated carbocycles. The van der Waals surface area contributed by atoms with Crippen LogP contribution in [0, 0.1) is 5.92 Å². The van der Waals surface area contributed by atoms with E-state index in [9.17, 15) is 0 Å². The van der Waals surface area contributed by atoms with Crippen molar-refractivity contribution in [1.29, 1.82) is 0 Å². The molecule has 94 valence electrons. The van der Waals surface area contributed by atoms with Crippen LogP contribution in [0.2, 0.25) is 4.47 Å². The van der Waals surface area contributed by atoms with E-state index in [-0.39, 0.29) is 0 Å². The zero-order valence-corrected chi connectivity index (χ0v) is 11.6. The number of likely N-dealkylation sites (tertiary alicyclic amines) is 1. The topological polar surface area (TPSA) is 16.1 Å². The van der Waals surface area contributed by atoms with Crippen LogP contribution in [0.15, 0.2) is 6.20 Å². The molecule has 0 amide bonds. The molecule has 0 radical (unpaired) electrons. The molecule has 2 atom stereocenters. The van der Waals surface area contributed by atoms with Crippen LogP contribution in [-0.4, -0.2) is 22.5 Å². The highest BCUT2D eigenvalue weighted by atomic mass is 35.5. The summed E-state index contributed by atoms with van der Waals surface area (Å²) in [5.74, 6) is 0.959. The molecule has 1 aliphatic heterocycles. The van der Waals surface area contributed by atoms with E-state index in [2.05, 4.69) is 9.88 Å². The van der Waals surface area contributed by atoms with Gasteiger partial charge in [0.2, 0.25) is 0 Å². The maximum atomic E-state index is 5.90. The quantitative estimate of drug-likeness (QED) is 0.809. The lowest BCUT2D eigenvalue weighted by Crippen LogP contribution is -2.46. The number of hydrogen-bond acceptors (Lipinski definition) is 3. The zero-order valence-electron chi connectivity index (χ0n) is 10.1. The van der Waals surface area contributed by atoms with Gasteiger partial charge in [-0.05, 0) is 38.1 Å². The Labute approximate surface area is 112 Å². The molecule has 0 aromatic carbocycles. The second-order valence-corrected chi connectivity index (χ2v) is 7.00. The third-order valence-corrected chi connectivity index (χ3v) is 5.34. The van der Waals surface area contributed by atoms with Crippen molar-refractivity contribution in [3.8, 4) is 0 Å². The van der Waals surface area contributed by atoms with Gasteiger partial charge in [-0.15, -0.1) is 11.3 Å². The van der Waals surface area contributed by atoms with Gasteiger partial charge in [0.1, 0.15) is 0 Å². The van der Waals surface area contributed by atoms with E-state index in [1.54, 1.807) is 11.3 Å². The second kappa shape index (κ2) is 5.25. The Hall–Kier alpha value is -0.120. The van der Waals surface area contributed by atoms with E-state index in [4.69, 9.17) is 11.6 Å². The monoisotopic (exact) mass is 270 g/mol. The van der Waals surface area contributed by atoms with Gasteiger partial charge in [-0.2, -0.15) is 0 Å². The summed E-state index contributed by atoms with van der Waals surface area (Å²) >= 11 is 7.54. The molecule has 3 rings (SSSR count). The third-order valence-electron chi connectivity index (χ3n) is 4.24. The summed E-state index contributed by atoms with van der Waals surface area (Å²) in [4.78, 5) is 8.14. The Balaban J connectivity index is 1.68. The lowest BCUT2D eigenvalue weighted by molar-refractivity contribution is 0.0554. The minimum absolute atomic E-state index is 0.678. The number of rotatable bonds is 2. The first-order valence-electron chi connectivity index (χ1n) is 6.67.